The molecule has 0 atom stereocenters. The molecule has 2 aromatic carbocycles. The number of carbonyl (C=O) groups excluding carboxylic acids is 1. The van der Waals surface area contributed by atoms with Crippen LogP contribution in [-0.4, -0.2) is 26.1 Å². The summed E-state index contributed by atoms with van der Waals surface area (Å²) < 4.78 is 10.6. The predicted molar refractivity (Wildman–Crippen MR) is 99.5 cm³/mol. The van der Waals surface area contributed by atoms with Crippen molar-refractivity contribution in [3.63, 3.8) is 0 Å². The average molecular weight is 399 g/mol. The van der Waals surface area contributed by atoms with Crippen LogP contribution in [0.25, 0.3) is 17.2 Å². The van der Waals surface area contributed by atoms with Gasteiger partial charge in [-0.1, -0.05) is 41.0 Å². The van der Waals surface area contributed by atoms with Crippen LogP contribution in [0.5, 0.6) is 0 Å². The molecule has 2 aromatic heterocycles. The summed E-state index contributed by atoms with van der Waals surface area (Å²) in [5.41, 5.74) is 0.987. The van der Waals surface area contributed by atoms with E-state index in [4.69, 9.17) is 20.8 Å². The molecular weight excluding hydrogens is 388 g/mol. The van der Waals surface area contributed by atoms with E-state index < -0.39 is 11.8 Å². The molecule has 0 aliphatic carbocycles. The van der Waals surface area contributed by atoms with Gasteiger partial charge in [-0.15, -0.1) is 0 Å². The summed E-state index contributed by atoms with van der Waals surface area (Å²) in [5.74, 6) is -0.819. The fourth-order valence-corrected chi connectivity index (χ4v) is 2.64. The Morgan fingerprint density at radius 3 is 2.61 bits per heavy atom. The van der Waals surface area contributed by atoms with Crippen molar-refractivity contribution in [3.05, 3.63) is 70.2 Å². The van der Waals surface area contributed by atoms with Gasteiger partial charge in [-0.3, -0.25) is 9.84 Å². The van der Waals surface area contributed by atoms with Gasteiger partial charge in [0.1, 0.15) is 0 Å². The number of hydrogen-bond acceptors (Lipinski definition) is 7. The van der Waals surface area contributed by atoms with Crippen molar-refractivity contribution in [2.24, 2.45) is 0 Å². The van der Waals surface area contributed by atoms with Crippen LogP contribution in [-0.2, 0) is 0 Å². The van der Waals surface area contributed by atoms with E-state index in [1.807, 2.05) is 6.07 Å². The lowest BCUT2D eigenvalue weighted by Gasteiger charge is -2.06. The first kappa shape index (κ1) is 17.5. The summed E-state index contributed by atoms with van der Waals surface area (Å²) in [4.78, 5) is 24.3. The van der Waals surface area contributed by atoms with Gasteiger partial charge in [0.05, 0.1) is 5.69 Å². The topological polar surface area (TPSA) is 128 Å². The highest BCUT2D eigenvalue weighted by molar-refractivity contribution is 6.30. The van der Waals surface area contributed by atoms with Gasteiger partial charge in [0.2, 0.25) is 11.6 Å². The number of urea groups is 1. The van der Waals surface area contributed by atoms with Gasteiger partial charge in [0, 0.05) is 10.7 Å². The van der Waals surface area contributed by atoms with E-state index >= 15 is 0 Å². The molecule has 4 rings (SSSR count). The van der Waals surface area contributed by atoms with Crippen molar-refractivity contribution in [2.75, 3.05) is 10.6 Å². The number of hydrogen-bond donors (Lipinski definition) is 2. The second-order valence-corrected chi connectivity index (χ2v) is 5.93. The molecule has 0 unspecified atom stereocenters. The van der Waals surface area contributed by atoms with Crippen LogP contribution < -0.4 is 16.4 Å². The normalized spacial score (nSPS) is 10.6. The molecule has 0 aliphatic rings. The van der Waals surface area contributed by atoms with E-state index in [-0.39, 0.29) is 17.3 Å². The second kappa shape index (κ2) is 7.37. The molecule has 140 valence electrons. The Morgan fingerprint density at radius 2 is 1.82 bits per heavy atom. The molecule has 0 radical (unpaired) electrons. The third-order valence-electron chi connectivity index (χ3n) is 3.63. The SMILES string of the molecule is O=C(Nc1ccccc1)Nc1nonc1-c1noc(=O)n1-c1cccc(Cl)c1. The fourth-order valence-electron chi connectivity index (χ4n) is 2.45. The first-order valence-corrected chi connectivity index (χ1v) is 8.30. The molecule has 28 heavy (non-hydrogen) atoms. The maximum absolute atomic E-state index is 12.2. The van der Waals surface area contributed by atoms with Crippen LogP contribution in [0.2, 0.25) is 5.02 Å². The van der Waals surface area contributed by atoms with Gasteiger partial charge in [0.15, 0.2) is 5.69 Å². The number of para-hydroxylation sites is 1. The van der Waals surface area contributed by atoms with Gasteiger partial charge in [-0.05, 0) is 40.6 Å². The average Bonchev–Trinajstić information content (AvgIpc) is 3.28. The number of aromatic nitrogens is 4. The summed E-state index contributed by atoms with van der Waals surface area (Å²) in [6.07, 6.45) is 0. The Hall–Kier alpha value is -3.92. The van der Waals surface area contributed by atoms with Crippen molar-refractivity contribution in [2.45, 2.75) is 0 Å². The molecule has 2 heterocycles. The first-order chi connectivity index (χ1) is 13.6. The highest BCUT2D eigenvalue weighted by atomic mass is 35.5. The largest absolute Gasteiger partial charge is 0.446 e. The van der Waals surface area contributed by atoms with Crippen LogP contribution >= 0.6 is 11.6 Å². The lowest BCUT2D eigenvalue weighted by molar-refractivity contribution is 0.261. The summed E-state index contributed by atoms with van der Waals surface area (Å²) >= 11 is 5.99. The van der Waals surface area contributed by atoms with Crippen molar-refractivity contribution < 1.29 is 13.9 Å². The monoisotopic (exact) mass is 398 g/mol. The molecule has 0 aliphatic heterocycles. The highest BCUT2D eigenvalue weighted by Crippen LogP contribution is 2.25. The zero-order valence-electron chi connectivity index (χ0n) is 14.0. The van der Waals surface area contributed by atoms with Gasteiger partial charge < -0.3 is 5.32 Å². The fraction of sp³-hybridized carbons (Fsp3) is 0. The summed E-state index contributed by atoms with van der Waals surface area (Å²) in [6, 6.07) is 14.7. The number of anilines is 2. The molecule has 11 heteroatoms. The van der Waals surface area contributed by atoms with Crippen LogP contribution in [0.15, 0.2) is 68.5 Å². The Kier molecular flexibility index (Phi) is 4.60. The van der Waals surface area contributed by atoms with Crippen LogP contribution in [0.1, 0.15) is 0 Å². The zero-order chi connectivity index (χ0) is 19.5. The van der Waals surface area contributed by atoms with Crippen LogP contribution in [0, 0.1) is 0 Å². The maximum Gasteiger partial charge on any atom is 0.446 e. The minimum Gasteiger partial charge on any atom is -0.308 e. The molecule has 2 amide bonds. The minimum absolute atomic E-state index is 0.00837. The number of nitrogens with one attached hydrogen (secondary N) is 2. The van der Waals surface area contributed by atoms with Crippen molar-refractivity contribution in [3.8, 4) is 17.2 Å². The number of amides is 2. The van der Waals surface area contributed by atoms with E-state index in [9.17, 15) is 9.59 Å². The Bertz CT molecular complexity index is 1180. The summed E-state index contributed by atoms with van der Waals surface area (Å²) in [6.45, 7) is 0. The first-order valence-electron chi connectivity index (χ1n) is 7.92. The Balaban J connectivity index is 1.65. The van der Waals surface area contributed by atoms with Gasteiger partial charge in [-0.2, -0.15) is 0 Å². The molecule has 4 aromatic rings. The second-order valence-electron chi connectivity index (χ2n) is 5.49. The van der Waals surface area contributed by atoms with Crippen molar-refractivity contribution in [1.82, 2.24) is 20.0 Å². The predicted octanol–water partition coefficient (Wildman–Crippen LogP) is 3.17. The van der Waals surface area contributed by atoms with E-state index in [0.29, 0.717) is 16.4 Å². The molecule has 0 saturated carbocycles. The van der Waals surface area contributed by atoms with Gasteiger partial charge >= 0.3 is 11.8 Å². The zero-order valence-corrected chi connectivity index (χ0v) is 14.8. The summed E-state index contributed by atoms with van der Waals surface area (Å²) in [5, 5.41) is 16.6. The molecular formula is C17H11ClN6O4. The molecule has 2 N–H and O–H groups in total. The molecule has 0 bridgehead atoms. The van der Waals surface area contributed by atoms with Gasteiger partial charge in [0.25, 0.3) is 0 Å². The molecule has 0 saturated heterocycles. The van der Waals surface area contributed by atoms with E-state index in [1.54, 1.807) is 48.5 Å². The van der Waals surface area contributed by atoms with E-state index in [2.05, 4.69) is 26.1 Å². The van der Waals surface area contributed by atoms with E-state index in [0.717, 1.165) is 4.57 Å². The Labute approximate surface area is 161 Å². The lowest BCUT2D eigenvalue weighted by Crippen LogP contribution is -2.20. The third-order valence-corrected chi connectivity index (χ3v) is 3.87. The number of carbonyl (C=O) groups is 1. The number of rotatable bonds is 4. The quantitative estimate of drug-likeness (QED) is 0.540. The van der Waals surface area contributed by atoms with Crippen molar-refractivity contribution >= 4 is 29.1 Å². The lowest BCUT2D eigenvalue weighted by atomic mass is 10.3. The maximum atomic E-state index is 12.2. The van der Waals surface area contributed by atoms with E-state index in [1.165, 1.54) is 0 Å². The minimum atomic E-state index is -0.764. The van der Waals surface area contributed by atoms with Crippen molar-refractivity contribution in [1.29, 1.82) is 0 Å². The molecule has 0 spiro atoms. The van der Waals surface area contributed by atoms with Crippen LogP contribution in [0.3, 0.4) is 0 Å². The molecule has 10 nitrogen and oxygen atoms in total. The standard InChI is InChI=1S/C17H11ClN6O4/c18-10-5-4-8-12(9-10)24-15(23-27-17(24)26)13-14(22-28-21-13)20-16(25)19-11-6-2-1-3-7-11/h1-9H,(H2,19,20,22,25). The molecule has 0 fully saturated rings. The summed E-state index contributed by atoms with van der Waals surface area (Å²) in [7, 11) is 0. The van der Waals surface area contributed by atoms with Gasteiger partial charge in [-0.25, -0.2) is 18.8 Å². The Morgan fingerprint density at radius 1 is 1.00 bits per heavy atom. The number of halogens is 1. The number of nitrogens with zero attached hydrogens (tertiary/aromatic N) is 4. The smallest absolute Gasteiger partial charge is 0.308 e. The third kappa shape index (κ3) is 3.48. The van der Waals surface area contributed by atoms with Crippen LogP contribution in [0.4, 0.5) is 16.3 Å². The number of benzene rings is 2. The highest BCUT2D eigenvalue weighted by Gasteiger charge is 2.24.